The van der Waals surface area contributed by atoms with Crippen LogP contribution in [0.4, 0.5) is 5.69 Å². The summed E-state index contributed by atoms with van der Waals surface area (Å²) < 4.78 is 1.65. The first kappa shape index (κ1) is 15.8. The zero-order valence-electron chi connectivity index (χ0n) is 12.8. The number of nitrogens with one attached hydrogen (secondary N) is 1. The van der Waals surface area contributed by atoms with E-state index in [2.05, 4.69) is 20.4 Å². The minimum Gasteiger partial charge on any atom is -0.476 e. The van der Waals surface area contributed by atoms with E-state index in [4.69, 9.17) is 5.11 Å². The monoisotopic (exact) mass is 343 g/mol. The zero-order valence-corrected chi connectivity index (χ0v) is 13.7. The number of aryl methyl sites for hydroxylation is 2. The van der Waals surface area contributed by atoms with Crippen LogP contribution in [0.2, 0.25) is 0 Å². The first-order valence-corrected chi connectivity index (χ1v) is 7.73. The van der Waals surface area contributed by atoms with Crippen LogP contribution in [-0.4, -0.2) is 36.7 Å². The second kappa shape index (κ2) is 6.20. The van der Waals surface area contributed by atoms with Crippen LogP contribution < -0.4 is 5.32 Å². The van der Waals surface area contributed by atoms with Crippen LogP contribution in [0.25, 0.3) is 10.6 Å². The fourth-order valence-corrected chi connectivity index (χ4v) is 3.05. The van der Waals surface area contributed by atoms with Crippen molar-refractivity contribution in [1.82, 2.24) is 19.7 Å². The molecule has 0 saturated carbocycles. The van der Waals surface area contributed by atoms with Gasteiger partial charge in [0.2, 0.25) is 0 Å². The highest BCUT2D eigenvalue weighted by molar-refractivity contribution is 7.17. The largest absolute Gasteiger partial charge is 0.476 e. The zero-order chi connectivity index (χ0) is 17.3. The number of carboxylic acid groups (broad SMARTS) is 1. The average molecular weight is 343 g/mol. The third kappa shape index (κ3) is 3.01. The molecule has 0 spiro atoms. The summed E-state index contributed by atoms with van der Waals surface area (Å²) in [5.74, 6) is -1.63. The summed E-state index contributed by atoms with van der Waals surface area (Å²) in [6.45, 7) is 1.73. The van der Waals surface area contributed by atoms with Gasteiger partial charge < -0.3 is 10.4 Å². The molecule has 0 atom stereocenters. The van der Waals surface area contributed by atoms with Gasteiger partial charge in [0.25, 0.3) is 5.91 Å². The Morgan fingerprint density at radius 2 is 2.17 bits per heavy atom. The number of nitrogens with zero attached hydrogens (tertiary/aromatic N) is 4. The van der Waals surface area contributed by atoms with E-state index in [9.17, 15) is 9.59 Å². The third-order valence-electron chi connectivity index (χ3n) is 3.21. The van der Waals surface area contributed by atoms with Crippen molar-refractivity contribution in [3.63, 3.8) is 0 Å². The van der Waals surface area contributed by atoms with Crippen molar-refractivity contribution < 1.29 is 14.7 Å². The second-order valence-corrected chi connectivity index (χ2v) is 5.99. The van der Waals surface area contributed by atoms with Gasteiger partial charge in [-0.2, -0.15) is 5.10 Å². The van der Waals surface area contributed by atoms with Crippen LogP contribution >= 0.6 is 11.3 Å². The molecule has 2 N–H and O–H groups in total. The van der Waals surface area contributed by atoms with Gasteiger partial charge in [-0.25, -0.2) is 14.8 Å². The van der Waals surface area contributed by atoms with Gasteiger partial charge >= 0.3 is 5.97 Å². The van der Waals surface area contributed by atoms with Crippen LogP contribution in [0, 0.1) is 6.92 Å². The molecule has 3 rings (SSSR count). The van der Waals surface area contributed by atoms with E-state index in [1.165, 1.54) is 23.6 Å². The predicted octanol–water partition coefficient (Wildman–Crippen LogP) is 2.20. The standard InChI is InChI=1S/C15H13N5O3S/c1-8-12(24-14(18-8)9-6-17-20(2)7-9)13(21)19-10-4-3-5-16-11(10)15(22)23/h3-7H,1-2H3,(H,19,21)(H,22,23). The average Bonchev–Trinajstić information content (AvgIpc) is 3.13. The molecule has 122 valence electrons. The Bertz CT molecular complexity index is 931. The summed E-state index contributed by atoms with van der Waals surface area (Å²) in [5, 5.41) is 16.5. The molecule has 3 aromatic rings. The molecule has 0 aliphatic heterocycles. The molecule has 0 aliphatic carbocycles. The quantitative estimate of drug-likeness (QED) is 0.751. The summed E-state index contributed by atoms with van der Waals surface area (Å²) in [6.07, 6.45) is 4.84. The topological polar surface area (TPSA) is 110 Å². The molecular weight excluding hydrogens is 330 g/mol. The van der Waals surface area contributed by atoms with Crippen molar-refractivity contribution in [2.24, 2.45) is 7.05 Å². The van der Waals surface area contributed by atoms with Crippen molar-refractivity contribution in [1.29, 1.82) is 0 Å². The van der Waals surface area contributed by atoms with Crippen LogP contribution in [0.15, 0.2) is 30.7 Å². The maximum Gasteiger partial charge on any atom is 0.356 e. The number of carboxylic acids is 1. The van der Waals surface area contributed by atoms with Crippen molar-refractivity contribution in [2.75, 3.05) is 5.32 Å². The summed E-state index contributed by atoms with van der Waals surface area (Å²) in [5.41, 5.74) is 1.32. The Hall–Kier alpha value is -3.07. The predicted molar refractivity (Wildman–Crippen MR) is 88.2 cm³/mol. The Balaban J connectivity index is 1.89. The Morgan fingerprint density at radius 3 is 2.83 bits per heavy atom. The molecule has 3 heterocycles. The van der Waals surface area contributed by atoms with E-state index >= 15 is 0 Å². The maximum absolute atomic E-state index is 12.5. The number of hydrogen-bond acceptors (Lipinski definition) is 6. The highest BCUT2D eigenvalue weighted by Crippen LogP contribution is 2.28. The number of amides is 1. The number of carbonyl (C=O) groups is 2. The smallest absolute Gasteiger partial charge is 0.356 e. The molecular formula is C15H13N5O3S. The van der Waals surface area contributed by atoms with E-state index in [0.717, 1.165) is 5.56 Å². The van der Waals surface area contributed by atoms with Crippen LogP contribution in [0.1, 0.15) is 25.9 Å². The Labute approximate surface area is 140 Å². The van der Waals surface area contributed by atoms with Crippen LogP contribution in [0.5, 0.6) is 0 Å². The normalized spacial score (nSPS) is 10.6. The Kier molecular flexibility index (Phi) is 4.09. The van der Waals surface area contributed by atoms with E-state index in [1.54, 1.807) is 30.9 Å². The fourth-order valence-electron chi connectivity index (χ4n) is 2.12. The van der Waals surface area contributed by atoms with Gasteiger partial charge in [0, 0.05) is 25.0 Å². The summed E-state index contributed by atoms with van der Waals surface area (Å²) in [4.78, 5) is 32.2. The number of aromatic carboxylic acids is 1. The van der Waals surface area contributed by atoms with E-state index < -0.39 is 11.9 Å². The maximum atomic E-state index is 12.5. The van der Waals surface area contributed by atoms with Crippen LogP contribution in [0.3, 0.4) is 0 Å². The number of aromatic nitrogens is 4. The molecule has 0 fully saturated rings. The minimum atomic E-state index is -1.21. The summed E-state index contributed by atoms with van der Waals surface area (Å²) in [6, 6.07) is 3.05. The fraction of sp³-hybridized carbons (Fsp3) is 0.133. The minimum absolute atomic E-state index is 0.144. The van der Waals surface area contributed by atoms with Crippen molar-refractivity contribution in [3.8, 4) is 10.6 Å². The lowest BCUT2D eigenvalue weighted by molar-refractivity contribution is 0.0691. The molecule has 9 heteroatoms. The van der Waals surface area contributed by atoms with Gasteiger partial charge in [-0.1, -0.05) is 0 Å². The second-order valence-electron chi connectivity index (χ2n) is 5.00. The highest BCUT2D eigenvalue weighted by Gasteiger charge is 2.19. The van der Waals surface area contributed by atoms with Gasteiger partial charge in [-0.15, -0.1) is 11.3 Å². The molecule has 3 aromatic heterocycles. The Morgan fingerprint density at radius 1 is 1.38 bits per heavy atom. The van der Waals surface area contributed by atoms with Crippen LogP contribution in [-0.2, 0) is 7.05 Å². The molecule has 24 heavy (non-hydrogen) atoms. The van der Waals surface area contributed by atoms with E-state index in [0.29, 0.717) is 15.6 Å². The molecule has 0 aromatic carbocycles. The van der Waals surface area contributed by atoms with E-state index in [1.807, 2.05) is 6.20 Å². The van der Waals surface area contributed by atoms with Gasteiger partial charge in [0.1, 0.15) is 9.88 Å². The van der Waals surface area contributed by atoms with Gasteiger partial charge in [0.05, 0.1) is 17.6 Å². The lowest BCUT2D eigenvalue weighted by atomic mass is 10.2. The molecule has 0 aliphatic rings. The first-order chi connectivity index (χ1) is 11.5. The number of thiazole rings is 1. The van der Waals surface area contributed by atoms with Crippen molar-refractivity contribution in [3.05, 3.63) is 47.0 Å². The number of pyridine rings is 1. The molecule has 8 nitrogen and oxygen atoms in total. The molecule has 1 amide bonds. The molecule has 0 unspecified atom stereocenters. The number of rotatable bonds is 4. The van der Waals surface area contributed by atoms with Gasteiger partial charge in [0.15, 0.2) is 5.69 Å². The lowest BCUT2D eigenvalue weighted by Gasteiger charge is -2.06. The van der Waals surface area contributed by atoms with E-state index in [-0.39, 0.29) is 11.4 Å². The molecule has 0 saturated heterocycles. The SMILES string of the molecule is Cc1nc(-c2cnn(C)c2)sc1C(=O)Nc1cccnc1C(=O)O. The summed E-state index contributed by atoms with van der Waals surface area (Å²) >= 11 is 1.22. The summed E-state index contributed by atoms with van der Waals surface area (Å²) in [7, 11) is 1.80. The molecule has 0 bridgehead atoms. The molecule has 0 radical (unpaired) electrons. The number of anilines is 1. The van der Waals surface area contributed by atoms with Gasteiger partial charge in [-0.3, -0.25) is 9.48 Å². The number of hydrogen-bond donors (Lipinski definition) is 2. The van der Waals surface area contributed by atoms with Gasteiger partial charge in [-0.05, 0) is 19.1 Å². The third-order valence-corrected chi connectivity index (χ3v) is 4.42. The first-order valence-electron chi connectivity index (χ1n) is 6.92. The highest BCUT2D eigenvalue weighted by atomic mass is 32.1. The lowest BCUT2D eigenvalue weighted by Crippen LogP contribution is -2.15. The number of carbonyl (C=O) groups excluding carboxylic acids is 1. The van der Waals surface area contributed by atoms with Crippen molar-refractivity contribution in [2.45, 2.75) is 6.92 Å². The van der Waals surface area contributed by atoms with Crippen molar-refractivity contribution >= 4 is 28.9 Å².